The molecule has 7 heteroatoms. The second-order valence-corrected chi connectivity index (χ2v) is 5.41. The van der Waals surface area contributed by atoms with Crippen LogP contribution in [0.4, 0.5) is 19.3 Å². The molecule has 0 aliphatic heterocycles. The maximum Gasteiger partial charge on any atom is 0.319 e. The van der Waals surface area contributed by atoms with E-state index in [-0.39, 0.29) is 12.1 Å². The normalized spacial score (nSPS) is 11.9. The number of rotatable bonds is 4. The van der Waals surface area contributed by atoms with Gasteiger partial charge in [-0.2, -0.15) is 0 Å². The lowest BCUT2D eigenvalue weighted by atomic mass is 10.1. The van der Waals surface area contributed by atoms with Gasteiger partial charge in [-0.25, -0.2) is 13.6 Å². The smallest absolute Gasteiger partial charge is 0.319 e. The molecule has 0 aliphatic rings. The van der Waals surface area contributed by atoms with E-state index in [9.17, 15) is 18.7 Å². The van der Waals surface area contributed by atoms with Crippen molar-refractivity contribution in [1.82, 2.24) is 5.32 Å². The topological polar surface area (TPSA) is 61.4 Å². The third-order valence-electron chi connectivity index (χ3n) is 3.23. The zero-order valence-corrected chi connectivity index (χ0v) is 13.0. The van der Waals surface area contributed by atoms with Crippen molar-refractivity contribution in [2.45, 2.75) is 13.0 Å². The summed E-state index contributed by atoms with van der Waals surface area (Å²) in [5.41, 5.74) is 1.25. The predicted octanol–water partition coefficient (Wildman–Crippen LogP) is 3.78. The second kappa shape index (κ2) is 7.39. The molecule has 0 unspecified atom stereocenters. The first-order valence-electron chi connectivity index (χ1n) is 6.81. The molecule has 0 saturated carbocycles. The van der Waals surface area contributed by atoms with Crippen LogP contribution in [-0.4, -0.2) is 17.7 Å². The van der Waals surface area contributed by atoms with Crippen molar-refractivity contribution < 1.29 is 18.7 Å². The number of carbonyl (C=O) groups is 1. The summed E-state index contributed by atoms with van der Waals surface area (Å²) in [4.78, 5) is 11.8. The maximum absolute atomic E-state index is 13.5. The molecule has 1 atom stereocenters. The number of hydrogen-bond donors (Lipinski definition) is 3. The Morgan fingerprint density at radius 3 is 2.70 bits per heavy atom. The van der Waals surface area contributed by atoms with Crippen molar-refractivity contribution in [3.63, 3.8) is 0 Å². The quantitative estimate of drug-likeness (QED) is 0.793. The van der Waals surface area contributed by atoms with Crippen LogP contribution in [0, 0.1) is 18.6 Å². The molecule has 3 N–H and O–H groups in total. The molecule has 122 valence electrons. The molecule has 2 rings (SSSR count). The molecule has 0 aliphatic carbocycles. The lowest BCUT2D eigenvalue weighted by molar-refractivity contribution is 0.170. The SMILES string of the molecule is Cc1ccc(Cl)cc1NC(=O)NC[C@H](O)c1ccc(F)cc1F. The number of amides is 2. The summed E-state index contributed by atoms with van der Waals surface area (Å²) < 4.78 is 26.4. The molecule has 2 aromatic rings. The van der Waals surface area contributed by atoms with E-state index < -0.39 is 23.8 Å². The molecule has 0 heterocycles. The predicted molar refractivity (Wildman–Crippen MR) is 84.5 cm³/mol. The molecular weight excluding hydrogens is 326 g/mol. The molecule has 0 saturated heterocycles. The number of aliphatic hydroxyl groups is 1. The Bertz CT molecular complexity index is 725. The van der Waals surface area contributed by atoms with Crippen LogP contribution in [-0.2, 0) is 0 Å². The summed E-state index contributed by atoms with van der Waals surface area (Å²) in [5.74, 6) is -1.61. The van der Waals surface area contributed by atoms with E-state index in [1.807, 2.05) is 0 Å². The highest BCUT2D eigenvalue weighted by Crippen LogP contribution is 2.20. The van der Waals surface area contributed by atoms with Crippen LogP contribution < -0.4 is 10.6 Å². The van der Waals surface area contributed by atoms with Crippen molar-refractivity contribution in [2.24, 2.45) is 0 Å². The lowest BCUT2D eigenvalue weighted by Crippen LogP contribution is -2.32. The molecule has 4 nitrogen and oxygen atoms in total. The van der Waals surface area contributed by atoms with Gasteiger partial charge in [0.25, 0.3) is 0 Å². The number of anilines is 1. The van der Waals surface area contributed by atoms with Gasteiger partial charge in [-0.15, -0.1) is 0 Å². The Balaban J connectivity index is 1.94. The van der Waals surface area contributed by atoms with E-state index in [4.69, 9.17) is 11.6 Å². The van der Waals surface area contributed by atoms with Crippen molar-refractivity contribution in [2.75, 3.05) is 11.9 Å². The fraction of sp³-hybridized carbons (Fsp3) is 0.188. The third kappa shape index (κ3) is 4.64. The molecular formula is C16H15ClF2N2O2. The van der Waals surface area contributed by atoms with Crippen LogP contribution in [0.25, 0.3) is 0 Å². The standard InChI is InChI=1S/C16H15ClF2N2O2/c1-9-2-3-10(17)6-14(9)21-16(23)20-8-15(22)12-5-4-11(18)7-13(12)19/h2-7,15,22H,8H2,1H3,(H2,20,21,23)/t15-/m0/s1. The van der Waals surface area contributed by atoms with Crippen molar-refractivity contribution >= 4 is 23.3 Å². The number of hydrogen-bond acceptors (Lipinski definition) is 2. The molecule has 2 amide bonds. The van der Waals surface area contributed by atoms with Gasteiger partial charge in [0.15, 0.2) is 0 Å². The molecule has 0 bridgehead atoms. The number of halogens is 3. The largest absolute Gasteiger partial charge is 0.386 e. The monoisotopic (exact) mass is 340 g/mol. The Labute approximate surface area is 137 Å². The van der Waals surface area contributed by atoms with E-state index in [0.717, 1.165) is 17.7 Å². The van der Waals surface area contributed by atoms with Crippen molar-refractivity contribution in [3.05, 3.63) is 64.2 Å². The minimum atomic E-state index is -1.29. The zero-order chi connectivity index (χ0) is 17.0. The van der Waals surface area contributed by atoms with Gasteiger partial charge >= 0.3 is 6.03 Å². The van der Waals surface area contributed by atoms with Crippen LogP contribution in [0.15, 0.2) is 36.4 Å². The van der Waals surface area contributed by atoms with Crippen LogP contribution in [0.3, 0.4) is 0 Å². The Morgan fingerprint density at radius 1 is 1.26 bits per heavy atom. The Kier molecular flexibility index (Phi) is 5.52. The minimum Gasteiger partial charge on any atom is -0.386 e. The summed E-state index contributed by atoms with van der Waals surface area (Å²) in [6.07, 6.45) is -1.29. The van der Waals surface area contributed by atoms with Gasteiger partial charge in [-0.3, -0.25) is 0 Å². The first-order valence-corrected chi connectivity index (χ1v) is 7.18. The van der Waals surface area contributed by atoms with Crippen LogP contribution in [0.1, 0.15) is 17.2 Å². The van der Waals surface area contributed by atoms with Gasteiger partial charge in [0, 0.05) is 28.9 Å². The van der Waals surface area contributed by atoms with Gasteiger partial charge in [0.05, 0.1) is 6.10 Å². The van der Waals surface area contributed by atoms with Crippen molar-refractivity contribution in [3.8, 4) is 0 Å². The first kappa shape index (κ1) is 17.2. The average molecular weight is 341 g/mol. The van der Waals surface area contributed by atoms with E-state index >= 15 is 0 Å². The van der Waals surface area contributed by atoms with Gasteiger partial charge in [0.1, 0.15) is 11.6 Å². The van der Waals surface area contributed by atoms with Gasteiger partial charge < -0.3 is 15.7 Å². The Morgan fingerprint density at radius 2 is 2.00 bits per heavy atom. The summed E-state index contributed by atoms with van der Waals surface area (Å²) in [5, 5.41) is 15.3. The van der Waals surface area contributed by atoms with Crippen LogP contribution >= 0.6 is 11.6 Å². The average Bonchev–Trinajstić information content (AvgIpc) is 2.48. The van der Waals surface area contributed by atoms with Crippen molar-refractivity contribution in [1.29, 1.82) is 0 Å². The molecule has 23 heavy (non-hydrogen) atoms. The third-order valence-corrected chi connectivity index (χ3v) is 3.46. The number of benzene rings is 2. The lowest BCUT2D eigenvalue weighted by Gasteiger charge is -2.14. The van der Waals surface area contributed by atoms with Crippen LogP contribution in [0.2, 0.25) is 5.02 Å². The van der Waals surface area contributed by atoms with Gasteiger partial charge in [-0.1, -0.05) is 23.7 Å². The number of nitrogens with one attached hydrogen (secondary N) is 2. The van der Waals surface area contributed by atoms with Gasteiger partial charge in [0.2, 0.25) is 0 Å². The van der Waals surface area contributed by atoms with E-state index in [1.54, 1.807) is 25.1 Å². The number of aliphatic hydroxyl groups excluding tert-OH is 1. The Hall–Kier alpha value is -2.18. The molecule has 2 aromatic carbocycles. The zero-order valence-electron chi connectivity index (χ0n) is 12.2. The molecule has 0 radical (unpaired) electrons. The van der Waals surface area contributed by atoms with Crippen LogP contribution in [0.5, 0.6) is 0 Å². The van der Waals surface area contributed by atoms with E-state index in [2.05, 4.69) is 10.6 Å². The number of carbonyl (C=O) groups excluding carboxylic acids is 1. The first-order chi connectivity index (χ1) is 10.9. The van der Waals surface area contributed by atoms with Gasteiger partial charge in [-0.05, 0) is 30.7 Å². The number of aryl methyl sites for hydroxylation is 1. The second-order valence-electron chi connectivity index (χ2n) is 4.98. The fourth-order valence-electron chi connectivity index (χ4n) is 1.97. The minimum absolute atomic E-state index is 0.0920. The highest BCUT2D eigenvalue weighted by atomic mass is 35.5. The molecule has 0 spiro atoms. The maximum atomic E-state index is 13.5. The van der Waals surface area contributed by atoms with E-state index in [0.29, 0.717) is 16.8 Å². The molecule has 0 fully saturated rings. The summed E-state index contributed by atoms with van der Waals surface area (Å²) >= 11 is 5.85. The number of urea groups is 1. The fourth-order valence-corrected chi connectivity index (χ4v) is 2.14. The highest BCUT2D eigenvalue weighted by Gasteiger charge is 2.15. The summed E-state index contributed by atoms with van der Waals surface area (Å²) in [6, 6.07) is 7.31. The molecule has 0 aromatic heterocycles. The summed E-state index contributed by atoms with van der Waals surface area (Å²) in [7, 11) is 0. The highest BCUT2D eigenvalue weighted by molar-refractivity contribution is 6.31. The summed E-state index contributed by atoms with van der Waals surface area (Å²) in [6.45, 7) is 1.57. The van der Waals surface area contributed by atoms with E-state index in [1.165, 1.54) is 0 Å².